The van der Waals surface area contributed by atoms with E-state index in [0.29, 0.717) is 0 Å². The fourth-order valence-electron chi connectivity index (χ4n) is 2.39. The Morgan fingerprint density at radius 3 is 2.18 bits per heavy atom. The standard InChI is InChI=1S/C8H17N2.C8H6O4/c1-4-9-6-7-10(5-2)8(9)3;9-7(10)5-3-1-2-4-6(5)8(11)12/h4-7H2,1-3H3;1-4H,(H,9,10)(H,11,12)/q+1;/p-1. The van der Waals surface area contributed by atoms with Crippen molar-refractivity contribution < 1.29 is 24.4 Å². The van der Waals surface area contributed by atoms with Gasteiger partial charge < -0.3 is 15.0 Å². The summed E-state index contributed by atoms with van der Waals surface area (Å²) in [6.45, 7) is 11.4. The summed E-state index contributed by atoms with van der Waals surface area (Å²) in [6, 6.07) is 5.31. The summed E-state index contributed by atoms with van der Waals surface area (Å²) in [4.78, 5) is 23.2. The second kappa shape index (κ2) is 8.17. The molecule has 0 aromatic heterocycles. The van der Waals surface area contributed by atoms with Gasteiger partial charge in [-0.05, 0) is 19.9 Å². The van der Waals surface area contributed by atoms with Crippen LogP contribution in [-0.2, 0) is 0 Å². The molecule has 1 N–H and O–H groups in total. The summed E-state index contributed by atoms with van der Waals surface area (Å²) in [5.74, 6) is -1.30. The zero-order chi connectivity index (χ0) is 16.7. The first-order chi connectivity index (χ1) is 10.4. The zero-order valence-electron chi connectivity index (χ0n) is 13.2. The number of hydrogen-bond donors (Lipinski definition) is 1. The first-order valence-electron chi connectivity index (χ1n) is 7.29. The molecule has 1 aromatic carbocycles. The van der Waals surface area contributed by atoms with Crippen LogP contribution in [0.2, 0.25) is 0 Å². The van der Waals surface area contributed by atoms with Crippen molar-refractivity contribution in [1.82, 2.24) is 4.90 Å². The topological polar surface area (TPSA) is 83.7 Å². The van der Waals surface area contributed by atoms with E-state index in [4.69, 9.17) is 5.11 Å². The highest BCUT2D eigenvalue weighted by Gasteiger charge is 2.22. The van der Waals surface area contributed by atoms with E-state index in [2.05, 4.69) is 30.2 Å². The molecule has 0 saturated heterocycles. The second-order valence-corrected chi connectivity index (χ2v) is 4.84. The van der Waals surface area contributed by atoms with Crippen LogP contribution in [0.1, 0.15) is 41.5 Å². The molecule has 6 heteroatoms. The molecule has 1 aromatic rings. The van der Waals surface area contributed by atoms with Gasteiger partial charge in [0.15, 0.2) is 0 Å². The number of carboxylic acids is 2. The van der Waals surface area contributed by atoms with Crippen LogP contribution in [0.15, 0.2) is 24.3 Å². The summed E-state index contributed by atoms with van der Waals surface area (Å²) in [6.07, 6.45) is 0. The lowest BCUT2D eigenvalue weighted by atomic mass is 10.1. The molecule has 1 aliphatic heterocycles. The summed E-state index contributed by atoms with van der Waals surface area (Å²) in [5, 5.41) is 18.9. The van der Waals surface area contributed by atoms with Gasteiger partial charge >= 0.3 is 5.97 Å². The second-order valence-electron chi connectivity index (χ2n) is 4.84. The van der Waals surface area contributed by atoms with Crippen LogP contribution in [0.25, 0.3) is 0 Å². The van der Waals surface area contributed by atoms with Gasteiger partial charge in [-0.2, -0.15) is 0 Å². The lowest BCUT2D eigenvalue weighted by Crippen LogP contribution is -2.26. The minimum Gasteiger partial charge on any atom is -0.545 e. The Balaban J connectivity index is 0.000000224. The summed E-state index contributed by atoms with van der Waals surface area (Å²) in [5.41, 5.74) is -0.553. The van der Waals surface area contributed by atoms with Gasteiger partial charge in [-0.3, -0.25) is 9.48 Å². The fraction of sp³-hybridized carbons (Fsp3) is 0.438. The van der Waals surface area contributed by atoms with Crippen LogP contribution in [0.3, 0.4) is 0 Å². The molecule has 0 spiro atoms. The van der Waals surface area contributed by atoms with E-state index in [9.17, 15) is 14.7 Å². The van der Waals surface area contributed by atoms with Gasteiger partial charge in [0.25, 0.3) is 0 Å². The van der Waals surface area contributed by atoms with Gasteiger partial charge in [0.2, 0.25) is 5.84 Å². The fourth-order valence-corrected chi connectivity index (χ4v) is 2.39. The minimum atomic E-state index is -1.48. The Morgan fingerprint density at radius 2 is 1.86 bits per heavy atom. The van der Waals surface area contributed by atoms with E-state index in [1.54, 1.807) is 0 Å². The van der Waals surface area contributed by atoms with Gasteiger partial charge in [0, 0.05) is 12.5 Å². The number of hydrogen-bond acceptors (Lipinski definition) is 4. The molecule has 0 atom stereocenters. The molecule has 0 saturated carbocycles. The van der Waals surface area contributed by atoms with E-state index in [0.717, 1.165) is 13.1 Å². The molecule has 6 nitrogen and oxygen atoms in total. The number of nitrogens with zero attached hydrogens (tertiary/aromatic N) is 2. The number of amidine groups is 1. The highest BCUT2D eigenvalue weighted by atomic mass is 16.4. The molecule has 0 amide bonds. The Hall–Kier alpha value is -2.37. The predicted molar refractivity (Wildman–Crippen MR) is 81.3 cm³/mol. The lowest BCUT2D eigenvalue weighted by Gasteiger charge is -2.05. The third-order valence-corrected chi connectivity index (χ3v) is 3.70. The maximum atomic E-state index is 10.4. The summed E-state index contributed by atoms with van der Waals surface area (Å²) < 4.78 is 2.42. The molecule has 0 bridgehead atoms. The van der Waals surface area contributed by atoms with Gasteiger partial charge in [0.05, 0.1) is 24.6 Å². The number of likely N-dealkylation sites (N-methyl/N-ethyl adjacent to an activating group) is 2. The van der Waals surface area contributed by atoms with Crippen molar-refractivity contribution in [1.29, 1.82) is 0 Å². The van der Waals surface area contributed by atoms with Gasteiger partial charge in [0.1, 0.15) is 13.1 Å². The highest BCUT2D eigenvalue weighted by Crippen LogP contribution is 2.06. The van der Waals surface area contributed by atoms with Crippen molar-refractivity contribution in [2.75, 3.05) is 26.2 Å². The normalized spacial score (nSPS) is 13.7. The van der Waals surface area contributed by atoms with Gasteiger partial charge in [-0.15, -0.1) is 0 Å². The monoisotopic (exact) mass is 306 g/mol. The first-order valence-corrected chi connectivity index (χ1v) is 7.29. The Morgan fingerprint density at radius 1 is 1.27 bits per heavy atom. The zero-order valence-corrected chi connectivity index (χ0v) is 13.2. The van der Waals surface area contributed by atoms with Gasteiger partial charge in [-0.25, -0.2) is 4.79 Å². The third-order valence-electron chi connectivity index (χ3n) is 3.70. The Labute approximate surface area is 130 Å². The summed E-state index contributed by atoms with van der Waals surface area (Å²) in [7, 11) is 0. The number of aromatic carboxylic acids is 2. The number of carbonyl (C=O) groups is 2. The molecule has 1 heterocycles. The van der Waals surface area contributed by atoms with E-state index < -0.39 is 11.9 Å². The average Bonchev–Trinajstić information content (AvgIpc) is 2.87. The maximum Gasteiger partial charge on any atom is 0.336 e. The van der Waals surface area contributed by atoms with Crippen LogP contribution in [0.4, 0.5) is 0 Å². The molecule has 0 radical (unpaired) electrons. The lowest BCUT2D eigenvalue weighted by molar-refractivity contribution is -0.514. The molecule has 22 heavy (non-hydrogen) atoms. The Bertz CT molecular complexity index is 548. The quantitative estimate of drug-likeness (QED) is 0.820. The van der Waals surface area contributed by atoms with E-state index in [1.807, 2.05) is 0 Å². The molecular weight excluding hydrogens is 284 g/mol. The predicted octanol–water partition coefficient (Wildman–Crippen LogP) is 0.521. The SMILES string of the molecule is CCN1CC[N+](CC)=C1C.O=C([O-])c1ccccc1C(=O)O. The van der Waals surface area contributed by atoms with E-state index in [1.165, 1.54) is 43.2 Å². The summed E-state index contributed by atoms with van der Waals surface area (Å²) >= 11 is 0. The molecule has 120 valence electrons. The molecule has 1 aliphatic rings. The van der Waals surface area contributed by atoms with Crippen LogP contribution < -0.4 is 5.11 Å². The molecule has 0 fully saturated rings. The van der Waals surface area contributed by atoms with Crippen molar-refractivity contribution in [3.8, 4) is 0 Å². The van der Waals surface area contributed by atoms with Crippen LogP contribution in [0, 0.1) is 0 Å². The number of benzene rings is 1. The number of rotatable bonds is 4. The first kappa shape index (κ1) is 17.7. The highest BCUT2D eigenvalue weighted by molar-refractivity contribution is 6.00. The number of carboxylic acid groups (broad SMARTS) is 2. The Kier molecular flexibility index (Phi) is 6.56. The average molecular weight is 306 g/mol. The van der Waals surface area contributed by atoms with E-state index >= 15 is 0 Å². The third kappa shape index (κ3) is 4.31. The molecule has 2 rings (SSSR count). The number of carbonyl (C=O) groups excluding carboxylic acids is 1. The largest absolute Gasteiger partial charge is 0.545 e. The van der Waals surface area contributed by atoms with Crippen molar-refractivity contribution in [2.24, 2.45) is 0 Å². The minimum absolute atomic E-state index is 0.252. The molecule has 0 unspecified atom stereocenters. The van der Waals surface area contributed by atoms with Crippen LogP contribution in [-0.4, -0.2) is 58.5 Å². The van der Waals surface area contributed by atoms with Crippen LogP contribution >= 0.6 is 0 Å². The molecular formula is C16H22N2O4. The van der Waals surface area contributed by atoms with Gasteiger partial charge in [-0.1, -0.05) is 18.2 Å². The van der Waals surface area contributed by atoms with Crippen LogP contribution in [0.5, 0.6) is 0 Å². The molecule has 0 aliphatic carbocycles. The van der Waals surface area contributed by atoms with Crippen molar-refractivity contribution in [3.63, 3.8) is 0 Å². The maximum absolute atomic E-state index is 10.4. The van der Waals surface area contributed by atoms with Crippen molar-refractivity contribution in [3.05, 3.63) is 35.4 Å². The van der Waals surface area contributed by atoms with E-state index in [-0.39, 0.29) is 11.1 Å². The van der Waals surface area contributed by atoms with Crippen molar-refractivity contribution >= 4 is 17.8 Å². The van der Waals surface area contributed by atoms with Crippen molar-refractivity contribution in [2.45, 2.75) is 20.8 Å². The smallest absolute Gasteiger partial charge is 0.336 e.